The fourth-order valence-electron chi connectivity index (χ4n) is 2.86. The highest BCUT2D eigenvalue weighted by Gasteiger charge is 2.22. The topological polar surface area (TPSA) is 29.9 Å². The second-order valence-electron chi connectivity index (χ2n) is 5.91. The summed E-state index contributed by atoms with van der Waals surface area (Å²) in [5.41, 5.74) is 1.34. The Morgan fingerprint density at radius 2 is 2.24 bits per heavy atom. The van der Waals surface area contributed by atoms with Gasteiger partial charge in [-0.15, -0.1) is 0 Å². The third kappa shape index (κ3) is 2.89. The Morgan fingerprint density at radius 3 is 3.00 bits per heavy atom. The lowest BCUT2D eigenvalue weighted by Crippen LogP contribution is -2.18. The van der Waals surface area contributed by atoms with Crippen molar-refractivity contribution < 1.29 is 0 Å². The van der Waals surface area contributed by atoms with Gasteiger partial charge in [0.2, 0.25) is 0 Å². The average molecular weight is 233 g/mol. The number of aromatic nitrogens is 2. The molecule has 2 unspecified atom stereocenters. The molecule has 0 spiro atoms. The SMILES string of the molecule is CC1CCCC(n2cc(CNC3CC3)cn2)C1. The van der Waals surface area contributed by atoms with E-state index in [4.69, 9.17) is 0 Å². The molecule has 0 aromatic carbocycles. The molecule has 2 saturated carbocycles. The van der Waals surface area contributed by atoms with E-state index in [1.807, 2.05) is 6.20 Å². The van der Waals surface area contributed by atoms with Crippen molar-refractivity contribution in [3.05, 3.63) is 18.0 Å². The quantitative estimate of drug-likeness (QED) is 0.866. The van der Waals surface area contributed by atoms with Crippen LogP contribution in [-0.4, -0.2) is 15.8 Å². The van der Waals surface area contributed by atoms with Gasteiger partial charge in [0.25, 0.3) is 0 Å². The average Bonchev–Trinajstić information content (AvgIpc) is 3.04. The lowest BCUT2D eigenvalue weighted by Gasteiger charge is -2.26. The molecule has 0 amide bonds. The molecule has 2 fully saturated rings. The molecule has 1 aromatic rings. The van der Waals surface area contributed by atoms with Crippen molar-refractivity contribution >= 4 is 0 Å². The van der Waals surface area contributed by atoms with Gasteiger partial charge in [-0.05, 0) is 31.6 Å². The summed E-state index contributed by atoms with van der Waals surface area (Å²) in [6, 6.07) is 1.43. The lowest BCUT2D eigenvalue weighted by atomic mass is 9.87. The maximum Gasteiger partial charge on any atom is 0.0534 e. The third-order valence-corrected chi connectivity index (χ3v) is 4.11. The minimum absolute atomic E-state index is 0.647. The Bertz CT molecular complexity index is 367. The van der Waals surface area contributed by atoms with Crippen molar-refractivity contribution in [2.45, 2.75) is 64.1 Å². The Balaban J connectivity index is 1.58. The minimum atomic E-state index is 0.647. The van der Waals surface area contributed by atoms with E-state index in [1.165, 1.54) is 44.1 Å². The second-order valence-corrected chi connectivity index (χ2v) is 5.91. The van der Waals surface area contributed by atoms with Crippen LogP contribution in [0.5, 0.6) is 0 Å². The van der Waals surface area contributed by atoms with E-state index in [2.05, 4.69) is 28.2 Å². The number of nitrogens with zero attached hydrogens (tertiary/aromatic N) is 2. The smallest absolute Gasteiger partial charge is 0.0534 e. The van der Waals surface area contributed by atoms with Gasteiger partial charge in [0.05, 0.1) is 12.2 Å². The van der Waals surface area contributed by atoms with Crippen LogP contribution in [0.3, 0.4) is 0 Å². The Labute approximate surface area is 104 Å². The zero-order valence-corrected chi connectivity index (χ0v) is 10.7. The molecule has 2 atom stereocenters. The first-order chi connectivity index (χ1) is 8.31. The molecule has 1 N–H and O–H groups in total. The number of rotatable bonds is 4. The van der Waals surface area contributed by atoms with Gasteiger partial charge >= 0.3 is 0 Å². The zero-order valence-electron chi connectivity index (χ0n) is 10.7. The van der Waals surface area contributed by atoms with Crippen LogP contribution in [0, 0.1) is 5.92 Å². The molecule has 0 aliphatic heterocycles. The predicted octanol–water partition coefficient (Wildman–Crippen LogP) is 2.89. The molecule has 0 saturated heterocycles. The highest BCUT2D eigenvalue weighted by atomic mass is 15.3. The molecule has 94 valence electrons. The Kier molecular flexibility index (Phi) is 3.19. The predicted molar refractivity (Wildman–Crippen MR) is 68.8 cm³/mol. The molecule has 1 aromatic heterocycles. The molecule has 3 heteroatoms. The largest absolute Gasteiger partial charge is 0.310 e. The van der Waals surface area contributed by atoms with Gasteiger partial charge in [-0.2, -0.15) is 5.10 Å². The number of hydrogen-bond acceptors (Lipinski definition) is 2. The van der Waals surface area contributed by atoms with E-state index in [1.54, 1.807) is 0 Å². The first-order valence-corrected chi connectivity index (χ1v) is 7.07. The normalized spacial score (nSPS) is 29.5. The van der Waals surface area contributed by atoms with Crippen LogP contribution >= 0.6 is 0 Å². The Morgan fingerprint density at radius 1 is 1.35 bits per heavy atom. The van der Waals surface area contributed by atoms with Crippen LogP contribution < -0.4 is 5.32 Å². The molecule has 0 bridgehead atoms. The summed E-state index contributed by atoms with van der Waals surface area (Å²) >= 11 is 0. The van der Waals surface area contributed by atoms with Gasteiger partial charge in [0.1, 0.15) is 0 Å². The fourth-order valence-corrected chi connectivity index (χ4v) is 2.86. The first-order valence-electron chi connectivity index (χ1n) is 7.07. The molecule has 2 aliphatic carbocycles. The van der Waals surface area contributed by atoms with E-state index in [9.17, 15) is 0 Å². The van der Waals surface area contributed by atoms with Crippen molar-refractivity contribution in [2.75, 3.05) is 0 Å². The highest BCUT2D eigenvalue weighted by Crippen LogP contribution is 2.31. The van der Waals surface area contributed by atoms with Crippen molar-refractivity contribution in [3.8, 4) is 0 Å². The summed E-state index contributed by atoms with van der Waals surface area (Å²) in [5, 5.41) is 8.09. The van der Waals surface area contributed by atoms with Gasteiger partial charge in [-0.3, -0.25) is 4.68 Å². The van der Waals surface area contributed by atoms with E-state index in [-0.39, 0.29) is 0 Å². The summed E-state index contributed by atoms with van der Waals surface area (Å²) in [4.78, 5) is 0. The summed E-state index contributed by atoms with van der Waals surface area (Å²) in [6.07, 6.45) is 12.4. The van der Waals surface area contributed by atoms with Crippen LogP contribution in [-0.2, 0) is 6.54 Å². The standard InChI is InChI=1S/C14H23N3/c1-11-3-2-4-14(7-11)17-10-12(9-16-17)8-15-13-5-6-13/h9-11,13-15H,2-8H2,1H3. The summed E-state index contributed by atoms with van der Waals surface area (Å²) < 4.78 is 2.21. The number of hydrogen-bond donors (Lipinski definition) is 1. The maximum atomic E-state index is 4.55. The highest BCUT2D eigenvalue weighted by molar-refractivity contribution is 5.05. The van der Waals surface area contributed by atoms with Gasteiger partial charge in [-0.1, -0.05) is 19.8 Å². The number of nitrogens with one attached hydrogen (secondary N) is 1. The van der Waals surface area contributed by atoms with Gasteiger partial charge in [-0.25, -0.2) is 0 Å². The molecule has 3 nitrogen and oxygen atoms in total. The van der Waals surface area contributed by atoms with Crippen LogP contribution in [0.2, 0.25) is 0 Å². The van der Waals surface area contributed by atoms with Crippen molar-refractivity contribution in [1.82, 2.24) is 15.1 Å². The van der Waals surface area contributed by atoms with Crippen molar-refractivity contribution in [2.24, 2.45) is 5.92 Å². The van der Waals surface area contributed by atoms with Crippen LogP contribution in [0.15, 0.2) is 12.4 Å². The fraction of sp³-hybridized carbons (Fsp3) is 0.786. The first kappa shape index (κ1) is 11.3. The summed E-state index contributed by atoms with van der Waals surface area (Å²) in [5.74, 6) is 0.867. The van der Waals surface area contributed by atoms with Crippen molar-refractivity contribution in [1.29, 1.82) is 0 Å². The molecular weight excluding hydrogens is 210 g/mol. The monoisotopic (exact) mass is 233 g/mol. The second kappa shape index (κ2) is 4.81. The van der Waals surface area contributed by atoms with Gasteiger partial charge in [0, 0.05) is 24.3 Å². The lowest BCUT2D eigenvalue weighted by molar-refractivity contribution is 0.266. The molecular formula is C14H23N3. The minimum Gasteiger partial charge on any atom is -0.310 e. The van der Waals surface area contributed by atoms with Gasteiger partial charge in [0.15, 0.2) is 0 Å². The summed E-state index contributed by atoms with van der Waals surface area (Å²) in [7, 11) is 0. The molecule has 1 heterocycles. The van der Waals surface area contributed by atoms with E-state index >= 15 is 0 Å². The van der Waals surface area contributed by atoms with Crippen LogP contribution in [0.25, 0.3) is 0 Å². The maximum absolute atomic E-state index is 4.55. The van der Waals surface area contributed by atoms with Gasteiger partial charge < -0.3 is 5.32 Å². The third-order valence-electron chi connectivity index (χ3n) is 4.11. The Hall–Kier alpha value is -0.830. The molecule has 0 radical (unpaired) electrons. The van der Waals surface area contributed by atoms with E-state index < -0.39 is 0 Å². The summed E-state index contributed by atoms with van der Waals surface area (Å²) in [6.45, 7) is 3.36. The van der Waals surface area contributed by atoms with E-state index in [0.717, 1.165) is 18.5 Å². The van der Waals surface area contributed by atoms with Crippen molar-refractivity contribution in [3.63, 3.8) is 0 Å². The molecule has 2 aliphatic rings. The van der Waals surface area contributed by atoms with E-state index in [0.29, 0.717) is 6.04 Å². The zero-order chi connectivity index (χ0) is 11.7. The molecule has 17 heavy (non-hydrogen) atoms. The van der Waals surface area contributed by atoms with Crippen LogP contribution in [0.1, 0.15) is 57.1 Å². The molecule has 3 rings (SSSR count). The van der Waals surface area contributed by atoms with Crippen LogP contribution in [0.4, 0.5) is 0 Å².